The van der Waals surface area contributed by atoms with Gasteiger partial charge in [0.05, 0.1) is 0 Å². The summed E-state index contributed by atoms with van der Waals surface area (Å²) in [6, 6.07) is 12.1. The molecule has 0 spiro atoms. The van der Waals surface area contributed by atoms with Crippen LogP contribution < -0.4 is 14.8 Å². The quantitative estimate of drug-likeness (QED) is 0.587. The topological polar surface area (TPSA) is 99.4 Å². The molecule has 1 N–H and O–H groups in total. The van der Waals surface area contributed by atoms with Crippen LogP contribution in [0.3, 0.4) is 0 Å². The first kappa shape index (κ1) is 16.2. The van der Waals surface area contributed by atoms with E-state index in [2.05, 4.69) is 20.3 Å². The summed E-state index contributed by atoms with van der Waals surface area (Å²) in [5, 5.41) is 2.78. The minimum atomic E-state index is -0.305. The lowest BCUT2D eigenvalue weighted by Crippen LogP contribution is -2.17. The molecular weight excluding hydrogens is 360 g/mol. The number of nitrogens with zero attached hydrogens (tertiary/aromatic N) is 3. The molecule has 3 aromatic heterocycles. The predicted octanol–water partition coefficient (Wildman–Crippen LogP) is 3.31. The number of fused-ring (bicyclic) bond motifs is 2. The lowest BCUT2D eigenvalue weighted by atomic mass is 10.1. The van der Waals surface area contributed by atoms with Gasteiger partial charge in [0.25, 0.3) is 5.91 Å². The molecule has 0 atom stereocenters. The summed E-state index contributed by atoms with van der Waals surface area (Å²) in [5.74, 6) is 1.67. The zero-order valence-electron chi connectivity index (χ0n) is 14.6. The van der Waals surface area contributed by atoms with Crippen LogP contribution in [-0.2, 0) is 0 Å². The average molecular weight is 374 g/mol. The van der Waals surface area contributed by atoms with Crippen molar-refractivity contribution in [2.75, 3.05) is 18.5 Å². The van der Waals surface area contributed by atoms with Crippen LogP contribution in [-0.4, -0.2) is 34.1 Å². The van der Waals surface area contributed by atoms with Crippen LogP contribution in [0.1, 0.15) is 10.4 Å². The van der Waals surface area contributed by atoms with E-state index < -0.39 is 0 Å². The molecular formula is C20H14N4O4. The number of anilines is 1. The van der Waals surface area contributed by atoms with Gasteiger partial charge in [0.1, 0.15) is 19.0 Å². The molecule has 1 aromatic carbocycles. The van der Waals surface area contributed by atoms with Gasteiger partial charge in [-0.15, -0.1) is 0 Å². The van der Waals surface area contributed by atoms with Crippen molar-refractivity contribution in [3.63, 3.8) is 0 Å². The molecule has 4 aromatic rings. The molecule has 1 aliphatic heterocycles. The molecule has 0 aliphatic carbocycles. The van der Waals surface area contributed by atoms with E-state index in [4.69, 9.17) is 13.9 Å². The Kier molecular flexibility index (Phi) is 3.86. The molecule has 0 saturated carbocycles. The van der Waals surface area contributed by atoms with E-state index in [-0.39, 0.29) is 5.91 Å². The number of rotatable bonds is 3. The zero-order valence-corrected chi connectivity index (χ0v) is 14.6. The number of benzene rings is 1. The van der Waals surface area contributed by atoms with Crippen molar-refractivity contribution in [2.24, 2.45) is 0 Å². The van der Waals surface area contributed by atoms with Crippen LogP contribution in [0.5, 0.6) is 11.5 Å². The van der Waals surface area contributed by atoms with Gasteiger partial charge in [0.15, 0.2) is 22.7 Å². The molecule has 0 radical (unpaired) electrons. The fraction of sp³-hybridized carbons (Fsp3) is 0.100. The van der Waals surface area contributed by atoms with Gasteiger partial charge in [-0.1, -0.05) is 0 Å². The lowest BCUT2D eigenvalue weighted by molar-refractivity contribution is 0.102. The maximum Gasteiger partial charge on any atom is 0.256 e. The van der Waals surface area contributed by atoms with Gasteiger partial charge in [-0.3, -0.25) is 4.79 Å². The number of hydrogen-bond acceptors (Lipinski definition) is 7. The van der Waals surface area contributed by atoms with Gasteiger partial charge in [0, 0.05) is 23.5 Å². The molecule has 8 nitrogen and oxygen atoms in total. The Morgan fingerprint density at radius 1 is 0.964 bits per heavy atom. The first-order valence-corrected chi connectivity index (χ1v) is 8.65. The molecule has 0 saturated heterocycles. The van der Waals surface area contributed by atoms with Crippen molar-refractivity contribution in [1.29, 1.82) is 0 Å². The molecule has 4 heterocycles. The van der Waals surface area contributed by atoms with Crippen LogP contribution in [0.4, 0.5) is 5.82 Å². The normalized spacial score (nSPS) is 12.7. The first-order valence-electron chi connectivity index (χ1n) is 8.65. The summed E-state index contributed by atoms with van der Waals surface area (Å²) >= 11 is 0. The second-order valence-corrected chi connectivity index (χ2v) is 6.09. The monoisotopic (exact) mass is 374 g/mol. The number of oxazole rings is 1. The molecule has 1 aliphatic rings. The zero-order chi connectivity index (χ0) is 18.9. The van der Waals surface area contributed by atoms with E-state index in [1.54, 1.807) is 54.9 Å². The minimum Gasteiger partial charge on any atom is -0.486 e. The van der Waals surface area contributed by atoms with Gasteiger partial charge >= 0.3 is 0 Å². The highest BCUT2D eigenvalue weighted by Gasteiger charge is 2.16. The third-order valence-corrected chi connectivity index (χ3v) is 4.22. The molecule has 8 heteroatoms. The molecule has 1 amide bonds. The number of hydrogen-bond donors (Lipinski definition) is 1. The van der Waals surface area contributed by atoms with Crippen molar-refractivity contribution in [1.82, 2.24) is 15.0 Å². The highest BCUT2D eigenvalue weighted by atomic mass is 16.6. The average Bonchev–Trinajstić information content (AvgIpc) is 3.18. The third kappa shape index (κ3) is 3.01. The molecule has 138 valence electrons. The number of carbonyl (C=O) groups is 1. The van der Waals surface area contributed by atoms with Crippen molar-refractivity contribution in [2.45, 2.75) is 0 Å². The second kappa shape index (κ2) is 6.66. The Labute approximate surface area is 159 Å². The lowest BCUT2D eigenvalue weighted by Gasteiger charge is -2.18. The summed E-state index contributed by atoms with van der Waals surface area (Å²) in [6.45, 7) is 0.960. The van der Waals surface area contributed by atoms with Crippen LogP contribution in [0, 0.1) is 0 Å². The predicted molar refractivity (Wildman–Crippen MR) is 100 cm³/mol. The smallest absolute Gasteiger partial charge is 0.256 e. The highest BCUT2D eigenvalue weighted by molar-refractivity contribution is 6.04. The van der Waals surface area contributed by atoms with E-state index >= 15 is 0 Å². The summed E-state index contributed by atoms with van der Waals surface area (Å²) < 4.78 is 16.7. The Morgan fingerprint density at radius 3 is 2.75 bits per heavy atom. The summed E-state index contributed by atoms with van der Waals surface area (Å²) in [4.78, 5) is 25.3. The summed E-state index contributed by atoms with van der Waals surface area (Å²) in [7, 11) is 0. The standard InChI is InChI=1S/C20H14N4O4/c25-19(12-3-4-14-16(10-12)27-9-8-26-14)23-17-11-13(5-7-21-17)20-24-18-15(28-20)2-1-6-22-18/h1-7,10-11H,8-9H2,(H,21,23,25). The number of aromatic nitrogens is 3. The van der Waals surface area contributed by atoms with Crippen molar-refractivity contribution in [3.8, 4) is 23.0 Å². The third-order valence-electron chi connectivity index (χ3n) is 4.22. The van der Waals surface area contributed by atoms with Crippen molar-refractivity contribution >= 4 is 23.0 Å². The highest BCUT2D eigenvalue weighted by Crippen LogP contribution is 2.31. The number of ether oxygens (including phenoxy) is 2. The summed E-state index contributed by atoms with van der Waals surface area (Å²) in [5.41, 5.74) is 2.25. The van der Waals surface area contributed by atoms with Gasteiger partial charge in [-0.2, -0.15) is 4.98 Å². The van der Waals surface area contributed by atoms with Gasteiger partial charge in [-0.05, 0) is 42.5 Å². The van der Waals surface area contributed by atoms with Gasteiger partial charge in [-0.25, -0.2) is 9.97 Å². The largest absolute Gasteiger partial charge is 0.486 e. The van der Waals surface area contributed by atoms with E-state index in [1.165, 1.54) is 0 Å². The molecule has 0 fully saturated rings. The maximum absolute atomic E-state index is 12.6. The Bertz CT molecular complexity index is 1150. The second-order valence-electron chi connectivity index (χ2n) is 6.09. The summed E-state index contributed by atoms with van der Waals surface area (Å²) in [6.07, 6.45) is 3.23. The Hall–Kier alpha value is -3.94. The van der Waals surface area contributed by atoms with E-state index in [9.17, 15) is 4.79 Å². The van der Waals surface area contributed by atoms with Gasteiger partial charge < -0.3 is 19.2 Å². The minimum absolute atomic E-state index is 0.305. The van der Waals surface area contributed by atoms with Crippen LogP contribution in [0.2, 0.25) is 0 Å². The Balaban J connectivity index is 1.40. The van der Waals surface area contributed by atoms with Crippen LogP contribution >= 0.6 is 0 Å². The number of pyridine rings is 2. The van der Waals surface area contributed by atoms with Crippen LogP contribution in [0.25, 0.3) is 22.7 Å². The molecule has 28 heavy (non-hydrogen) atoms. The van der Waals surface area contributed by atoms with E-state index in [0.717, 1.165) is 0 Å². The number of amides is 1. The van der Waals surface area contributed by atoms with Crippen molar-refractivity contribution in [3.05, 3.63) is 60.4 Å². The van der Waals surface area contributed by atoms with Crippen LogP contribution in [0.15, 0.2) is 59.3 Å². The first-order chi connectivity index (χ1) is 13.8. The number of nitrogens with one attached hydrogen (secondary N) is 1. The fourth-order valence-corrected chi connectivity index (χ4v) is 2.90. The SMILES string of the molecule is O=C(Nc1cc(-c2nc3ncccc3o2)ccn1)c1ccc2c(c1)OCCO2. The molecule has 0 unspecified atom stereocenters. The molecule has 5 rings (SSSR count). The van der Waals surface area contributed by atoms with E-state index in [0.29, 0.717) is 58.8 Å². The molecule has 0 bridgehead atoms. The maximum atomic E-state index is 12.6. The fourth-order valence-electron chi connectivity index (χ4n) is 2.90. The van der Waals surface area contributed by atoms with Gasteiger partial charge in [0.2, 0.25) is 5.89 Å². The number of carbonyl (C=O) groups excluding carboxylic acids is 1. The van der Waals surface area contributed by atoms with Crippen molar-refractivity contribution < 1.29 is 18.7 Å². The Morgan fingerprint density at radius 2 is 1.86 bits per heavy atom. The van der Waals surface area contributed by atoms with E-state index in [1.807, 2.05) is 0 Å².